The number of benzene rings is 2. The van der Waals surface area contributed by atoms with Crippen LogP contribution in [0.1, 0.15) is 11.1 Å². The number of nitrogens with zero attached hydrogens (tertiary/aromatic N) is 1. The number of carbonyl (C=O) groups excluding carboxylic acids is 1. The molecule has 4 nitrogen and oxygen atoms in total. The number of hydrazone groups is 1. The van der Waals surface area contributed by atoms with Crippen molar-refractivity contribution in [2.24, 2.45) is 5.10 Å². The van der Waals surface area contributed by atoms with Gasteiger partial charge < -0.3 is 4.74 Å². The van der Waals surface area contributed by atoms with E-state index in [1.807, 2.05) is 31.2 Å². The topological polar surface area (TPSA) is 50.7 Å². The van der Waals surface area contributed by atoms with Gasteiger partial charge in [-0.15, -0.1) is 0 Å². The van der Waals surface area contributed by atoms with Crippen molar-refractivity contribution in [2.75, 3.05) is 6.61 Å². The summed E-state index contributed by atoms with van der Waals surface area (Å²) in [5, 5.41) is 3.86. The van der Waals surface area contributed by atoms with Gasteiger partial charge in [0.25, 0.3) is 0 Å². The molecule has 5 heteroatoms. The van der Waals surface area contributed by atoms with E-state index >= 15 is 0 Å². The molecule has 2 aromatic rings. The first-order valence-electron chi connectivity index (χ1n) is 6.50. The number of hydrogen-bond acceptors (Lipinski definition) is 3. The highest BCUT2D eigenvalue weighted by molar-refractivity contribution is 6.03. The van der Waals surface area contributed by atoms with Crippen molar-refractivity contribution >= 4 is 11.8 Å². The molecule has 1 amide bonds. The third-order valence-corrected chi connectivity index (χ3v) is 3.29. The predicted octanol–water partition coefficient (Wildman–Crippen LogP) is 3.25. The van der Waals surface area contributed by atoms with Gasteiger partial charge in [0, 0.05) is 11.1 Å². The zero-order valence-electron chi connectivity index (χ0n) is 11.4. The van der Waals surface area contributed by atoms with Crippen molar-refractivity contribution < 1.29 is 13.9 Å². The van der Waals surface area contributed by atoms with Crippen LogP contribution in [0.4, 0.5) is 9.18 Å². The Morgan fingerprint density at radius 1 is 1.14 bits per heavy atom. The van der Waals surface area contributed by atoms with Gasteiger partial charge >= 0.3 is 6.09 Å². The number of amides is 1. The molecule has 1 N–H and O–H groups in total. The summed E-state index contributed by atoms with van der Waals surface area (Å²) in [5.41, 5.74) is 5.76. The first-order valence-corrected chi connectivity index (χ1v) is 6.50. The Hall–Kier alpha value is -2.69. The summed E-state index contributed by atoms with van der Waals surface area (Å²) in [7, 11) is 0. The molecule has 0 radical (unpaired) electrons. The molecule has 0 aliphatic carbocycles. The Morgan fingerprint density at radius 2 is 1.86 bits per heavy atom. The number of rotatable bonds is 2. The first-order chi connectivity index (χ1) is 10.1. The molecule has 1 aliphatic heterocycles. The van der Waals surface area contributed by atoms with Crippen LogP contribution in [0.5, 0.6) is 0 Å². The van der Waals surface area contributed by atoms with Crippen LogP contribution in [0.3, 0.4) is 0 Å². The number of carbonyl (C=O) groups is 1. The Bertz CT molecular complexity index is 724. The van der Waals surface area contributed by atoms with Gasteiger partial charge in [0.05, 0.1) is 0 Å². The van der Waals surface area contributed by atoms with Gasteiger partial charge in [-0.25, -0.2) is 14.6 Å². The van der Waals surface area contributed by atoms with E-state index in [1.165, 1.54) is 6.07 Å². The Kier molecular flexibility index (Phi) is 3.39. The van der Waals surface area contributed by atoms with Gasteiger partial charge in [0.15, 0.2) is 0 Å². The van der Waals surface area contributed by atoms with Crippen LogP contribution in [-0.2, 0) is 4.74 Å². The molecule has 2 aromatic carbocycles. The molecule has 106 valence electrons. The highest BCUT2D eigenvalue weighted by atomic mass is 19.1. The highest BCUT2D eigenvalue weighted by Crippen LogP contribution is 2.24. The number of ether oxygens (including phenoxy) is 1. The third-order valence-electron chi connectivity index (χ3n) is 3.29. The normalized spacial score (nSPS) is 14.2. The van der Waals surface area contributed by atoms with Gasteiger partial charge in [-0.1, -0.05) is 42.0 Å². The van der Waals surface area contributed by atoms with Crippen molar-refractivity contribution in [3.8, 4) is 11.1 Å². The summed E-state index contributed by atoms with van der Waals surface area (Å²) in [4.78, 5) is 10.9. The second kappa shape index (κ2) is 5.36. The fraction of sp³-hybridized carbons (Fsp3) is 0.125. The average molecular weight is 284 g/mol. The largest absolute Gasteiger partial charge is 0.442 e. The van der Waals surface area contributed by atoms with Crippen LogP contribution >= 0.6 is 0 Å². The summed E-state index contributed by atoms with van der Waals surface area (Å²) in [6.45, 7) is 2.02. The lowest BCUT2D eigenvalue weighted by Gasteiger charge is -2.14. The smallest absolute Gasteiger partial charge is 0.428 e. The Balaban J connectivity index is 1.93. The fourth-order valence-corrected chi connectivity index (χ4v) is 2.12. The molecule has 0 spiro atoms. The average Bonchev–Trinajstić information content (AvgIpc) is 2.49. The van der Waals surface area contributed by atoms with Gasteiger partial charge in [-0.05, 0) is 18.6 Å². The molecule has 0 fully saturated rings. The zero-order valence-corrected chi connectivity index (χ0v) is 11.4. The van der Waals surface area contributed by atoms with Crippen LogP contribution in [0.25, 0.3) is 11.1 Å². The Labute approximate surface area is 121 Å². The van der Waals surface area contributed by atoms with Crippen LogP contribution < -0.4 is 5.43 Å². The van der Waals surface area contributed by atoms with E-state index in [-0.39, 0.29) is 12.4 Å². The molecular formula is C16H13FN2O2. The number of hydrogen-bond donors (Lipinski definition) is 1. The van der Waals surface area contributed by atoms with Crippen LogP contribution in [-0.4, -0.2) is 18.4 Å². The van der Waals surface area contributed by atoms with E-state index in [2.05, 4.69) is 10.5 Å². The molecule has 3 rings (SSSR count). The predicted molar refractivity (Wildman–Crippen MR) is 77.6 cm³/mol. The maximum absolute atomic E-state index is 14.3. The van der Waals surface area contributed by atoms with Crippen molar-refractivity contribution in [3.63, 3.8) is 0 Å². The van der Waals surface area contributed by atoms with E-state index in [4.69, 9.17) is 4.74 Å². The number of cyclic esters (lactones) is 1. The minimum Gasteiger partial charge on any atom is -0.442 e. The molecule has 1 heterocycles. The third kappa shape index (κ3) is 2.76. The lowest BCUT2D eigenvalue weighted by atomic mass is 10.0. The molecule has 0 bridgehead atoms. The van der Waals surface area contributed by atoms with Gasteiger partial charge in [-0.2, -0.15) is 5.10 Å². The van der Waals surface area contributed by atoms with Crippen LogP contribution in [0.15, 0.2) is 47.6 Å². The lowest BCUT2D eigenvalue weighted by Crippen LogP contribution is -2.30. The van der Waals surface area contributed by atoms with Gasteiger partial charge in [0.1, 0.15) is 18.1 Å². The molecule has 0 saturated carbocycles. The number of nitrogens with one attached hydrogen (secondary N) is 1. The van der Waals surface area contributed by atoms with Crippen molar-refractivity contribution in [1.82, 2.24) is 5.43 Å². The van der Waals surface area contributed by atoms with Crippen molar-refractivity contribution in [1.29, 1.82) is 0 Å². The summed E-state index contributed by atoms with van der Waals surface area (Å²) in [6, 6.07) is 12.5. The van der Waals surface area contributed by atoms with E-state index in [0.29, 0.717) is 16.8 Å². The molecule has 0 atom stereocenters. The molecule has 21 heavy (non-hydrogen) atoms. The zero-order chi connectivity index (χ0) is 14.8. The fourth-order valence-electron chi connectivity index (χ4n) is 2.12. The molecule has 0 aromatic heterocycles. The molecular weight excluding hydrogens is 271 g/mol. The van der Waals surface area contributed by atoms with E-state index in [1.54, 1.807) is 12.1 Å². The van der Waals surface area contributed by atoms with Crippen LogP contribution in [0, 0.1) is 12.7 Å². The highest BCUT2D eigenvalue weighted by Gasteiger charge is 2.15. The molecule has 0 saturated heterocycles. The monoisotopic (exact) mass is 284 g/mol. The van der Waals surface area contributed by atoms with Gasteiger partial charge in [0.2, 0.25) is 0 Å². The minimum atomic E-state index is -0.601. The maximum atomic E-state index is 14.3. The summed E-state index contributed by atoms with van der Waals surface area (Å²) in [6.07, 6.45) is -0.601. The van der Waals surface area contributed by atoms with Crippen LogP contribution in [0.2, 0.25) is 0 Å². The second-order valence-electron chi connectivity index (χ2n) is 4.81. The van der Waals surface area contributed by atoms with Gasteiger partial charge in [-0.3, -0.25) is 0 Å². The second-order valence-corrected chi connectivity index (χ2v) is 4.81. The quantitative estimate of drug-likeness (QED) is 0.920. The molecule has 1 aliphatic rings. The number of halogens is 1. The summed E-state index contributed by atoms with van der Waals surface area (Å²) < 4.78 is 19.1. The van der Waals surface area contributed by atoms with E-state index in [9.17, 15) is 9.18 Å². The Morgan fingerprint density at radius 3 is 2.48 bits per heavy atom. The minimum absolute atomic E-state index is 0.0369. The van der Waals surface area contributed by atoms with E-state index < -0.39 is 6.09 Å². The number of aryl methyl sites for hydroxylation is 1. The summed E-state index contributed by atoms with van der Waals surface area (Å²) >= 11 is 0. The molecule has 0 unspecified atom stereocenters. The standard InChI is InChI=1S/C16H13FN2O2/c1-10-2-4-11(5-3-10)13-7-6-12(8-14(13)17)15-9-21-16(20)19-18-15/h2-8H,9H2,1H3,(H,19,20). The summed E-state index contributed by atoms with van der Waals surface area (Å²) in [5.74, 6) is -0.337. The lowest BCUT2D eigenvalue weighted by molar-refractivity contribution is 0.157. The van der Waals surface area contributed by atoms with Crippen molar-refractivity contribution in [3.05, 3.63) is 59.4 Å². The first kappa shape index (κ1) is 13.3. The van der Waals surface area contributed by atoms with Crippen molar-refractivity contribution in [2.45, 2.75) is 6.92 Å². The van der Waals surface area contributed by atoms with E-state index in [0.717, 1.165) is 11.1 Å². The maximum Gasteiger partial charge on any atom is 0.428 e. The SMILES string of the molecule is Cc1ccc(-c2ccc(C3=NNC(=O)OC3)cc2F)cc1.